The molecule has 1 aromatic carbocycles. The molecule has 2 fully saturated rings. The Balaban J connectivity index is 1.40. The van der Waals surface area contributed by atoms with Gasteiger partial charge < -0.3 is 4.90 Å². The molecule has 4 nitrogen and oxygen atoms in total. The number of benzene rings is 1. The molecule has 0 unspecified atom stereocenters. The fourth-order valence-electron chi connectivity index (χ4n) is 3.94. The molecular formula is C20H22FN3O. The summed E-state index contributed by atoms with van der Waals surface area (Å²) >= 11 is 0. The van der Waals surface area contributed by atoms with E-state index < -0.39 is 0 Å². The minimum Gasteiger partial charge on any atom is -0.341 e. The van der Waals surface area contributed by atoms with E-state index in [1.807, 2.05) is 23.1 Å². The van der Waals surface area contributed by atoms with Crippen LogP contribution in [0, 0.1) is 18.2 Å². The van der Waals surface area contributed by atoms with Crippen LogP contribution >= 0.6 is 0 Å². The molecule has 4 rings (SSSR count). The van der Waals surface area contributed by atoms with Crippen LogP contribution in [0.5, 0.6) is 0 Å². The van der Waals surface area contributed by atoms with Crippen molar-refractivity contribution in [2.24, 2.45) is 5.41 Å². The molecule has 130 valence electrons. The van der Waals surface area contributed by atoms with Crippen molar-refractivity contribution < 1.29 is 9.18 Å². The number of aromatic nitrogens is 1. The molecule has 3 heterocycles. The monoisotopic (exact) mass is 339 g/mol. The average molecular weight is 339 g/mol. The zero-order valence-corrected chi connectivity index (χ0v) is 14.6. The fourth-order valence-corrected chi connectivity index (χ4v) is 3.94. The molecule has 0 bridgehead atoms. The maximum Gasteiger partial charge on any atom is 0.219 e. The lowest BCUT2D eigenvalue weighted by Gasteiger charge is -2.60. The molecule has 2 aromatic rings. The van der Waals surface area contributed by atoms with E-state index in [4.69, 9.17) is 0 Å². The number of hydrogen-bond donors (Lipinski definition) is 0. The Hall–Kier alpha value is -2.27. The summed E-state index contributed by atoms with van der Waals surface area (Å²) in [6, 6.07) is 9.30. The Morgan fingerprint density at radius 1 is 1.20 bits per heavy atom. The van der Waals surface area contributed by atoms with Gasteiger partial charge in [-0.3, -0.25) is 14.7 Å². The van der Waals surface area contributed by atoms with Gasteiger partial charge in [-0.2, -0.15) is 0 Å². The number of hydrogen-bond acceptors (Lipinski definition) is 3. The predicted molar refractivity (Wildman–Crippen MR) is 94.3 cm³/mol. The molecule has 2 aliphatic heterocycles. The number of carbonyl (C=O) groups is 1. The van der Waals surface area contributed by atoms with Crippen molar-refractivity contribution >= 4 is 5.91 Å². The van der Waals surface area contributed by atoms with Crippen LogP contribution in [-0.2, 0) is 11.3 Å². The van der Waals surface area contributed by atoms with Gasteiger partial charge in [0.2, 0.25) is 5.91 Å². The molecule has 25 heavy (non-hydrogen) atoms. The highest BCUT2D eigenvalue weighted by Gasteiger charge is 2.52. The average Bonchev–Trinajstić information content (AvgIpc) is 2.51. The summed E-state index contributed by atoms with van der Waals surface area (Å²) in [6.45, 7) is 8.12. The quantitative estimate of drug-likeness (QED) is 0.863. The lowest BCUT2D eigenvalue weighted by Crippen LogP contribution is -2.72. The summed E-state index contributed by atoms with van der Waals surface area (Å²) < 4.78 is 13.8. The normalized spacial score (nSPS) is 18.8. The molecule has 0 aliphatic carbocycles. The van der Waals surface area contributed by atoms with Gasteiger partial charge in [0.1, 0.15) is 5.82 Å². The lowest BCUT2D eigenvalue weighted by atomic mass is 9.72. The predicted octanol–water partition coefficient (Wildman–Crippen LogP) is 2.86. The van der Waals surface area contributed by atoms with Crippen molar-refractivity contribution in [3.63, 3.8) is 0 Å². The zero-order valence-electron chi connectivity index (χ0n) is 14.6. The van der Waals surface area contributed by atoms with Crippen molar-refractivity contribution in [1.82, 2.24) is 14.8 Å². The summed E-state index contributed by atoms with van der Waals surface area (Å²) in [4.78, 5) is 20.0. The lowest BCUT2D eigenvalue weighted by molar-refractivity contribution is -0.157. The zero-order chi connectivity index (χ0) is 17.6. The van der Waals surface area contributed by atoms with E-state index in [0.29, 0.717) is 11.0 Å². The topological polar surface area (TPSA) is 36.4 Å². The van der Waals surface area contributed by atoms with Crippen LogP contribution < -0.4 is 0 Å². The van der Waals surface area contributed by atoms with Crippen LogP contribution in [0.2, 0.25) is 0 Å². The maximum atomic E-state index is 13.8. The van der Waals surface area contributed by atoms with E-state index >= 15 is 0 Å². The Labute approximate surface area is 147 Å². The second-order valence-electron chi connectivity index (χ2n) is 7.53. The Bertz CT molecular complexity index is 821. The van der Waals surface area contributed by atoms with Crippen LogP contribution in [0.15, 0.2) is 36.5 Å². The molecule has 0 radical (unpaired) electrons. The van der Waals surface area contributed by atoms with E-state index in [2.05, 4.69) is 9.88 Å². The van der Waals surface area contributed by atoms with E-state index in [1.165, 1.54) is 5.56 Å². The smallest absolute Gasteiger partial charge is 0.219 e. The molecule has 2 saturated heterocycles. The molecule has 2 aliphatic rings. The third-order valence-corrected chi connectivity index (χ3v) is 5.31. The van der Waals surface area contributed by atoms with Crippen LogP contribution in [0.25, 0.3) is 11.3 Å². The summed E-state index contributed by atoms with van der Waals surface area (Å²) in [5, 5.41) is 0. The van der Waals surface area contributed by atoms with E-state index in [0.717, 1.165) is 44.0 Å². The summed E-state index contributed by atoms with van der Waals surface area (Å²) in [5.74, 6) is -0.0254. The number of likely N-dealkylation sites (tertiary alicyclic amines) is 2. The molecular weight excluding hydrogens is 317 g/mol. The maximum absolute atomic E-state index is 13.8. The number of aryl methyl sites for hydroxylation is 1. The summed E-state index contributed by atoms with van der Waals surface area (Å²) in [6.07, 6.45) is 1.79. The Kier molecular flexibility index (Phi) is 3.84. The van der Waals surface area contributed by atoms with E-state index in [-0.39, 0.29) is 11.7 Å². The van der Waals surface area contributed by atoms with Crippen molar-refractivity contribution in [3.8, 4) is 11.3 Å². The molecule has 0 N–H and O–H groups in total. The second kappa shape index (κ2) is 5.92. The minimum absolute atomic E-state index is 0.174. The highest BCUT2D eigenvalue weighted by atomic mass is 19.1. The van der Waals surface area contributed by atoms with Gasteiger partial charge >= 0.3 is 0 Å². The van der Waals surface area contributed by atoms with Gasteiger partial charge in [-0.05, 0) is 36.2 Å². The van der Waals surface area contributed by atoms with Crippen molar-refractivity contribution in [2.75, 3.05) is 26.2 Å². The number of nitrogens with zero attached hydrogens (tertiary/aromatic N) is 3. The number of pyridine rings is 1. The third-order valence-electron chi connectivity index (χ3n) is 5.31. The van der Waals surface area contributed by atoms with Gasteiger partial charge in [0, 0.05) is 56.8 Å². The van der Waals surface area contributed by atoms with Crippen molar-refractivity contribution in [1.29, 1.82) is 0 Å². The molecule has 5 heteroatoms. The first-order chi connectivity index (χ1) is 11.9. The molecule has 0 saturated carbocycles. The van der Waals surface area contributed by atoms with Gasteiger partial charge in [0.25, 0.3) is 0 Å². The van der Waals surface area contributed by atoms with Crippen LogP contribution in [0.3, 0.4) is 0 Å². The second-order valence-corrected chi connectivity index (χ2v) is 7.53. The Morgan fingerprint density at radius 2 is 1.96 bits per heavy atom. The molecule has 1 amide bonds. The van der Waals surface area contributed by atoms with Gasteiger partial charge in [-0.25, -0.2) is 4.39 Å². The largest absolute Gasteiger partial charge is 0.341 e. The van der Waals surface area contributed by atoms with Gasteiger partial charge in [0.15, 0.2) is 0 Å². The molecule has 0 atom stereocenters. The first-order valence-electron chi connectivity index (χ1n) is 8.63. The standard InChI is InChI=1S/C20H22FN3O/c1-14-3-4-17(8-18(14)21)19-7-16(5-6-22-19)9-23-10-20(11-23)12-24(13-20)15(2)25/h3-8H,9-13H2,1-2H3. The van der Waals surface area contributed by atoms with Gasteiger partial charge in [0.05, 0.1) is 5.69 Å². The van der Waals surface area contributed by atoms with Crippen LogP contribution in [-0.4, -0.2) is 46.9 Å². The van der Waals surface area contributed by atoms with Crippen LogP contribution in [0.4, 0.5) is 4.39 Å². The molecule has 1 aromatic heterocycles. The van der Waals surface area contributed by atoms with E-state index in [9.17, 15) is 9.18 Å². The number of carbonyl (C=O) groups excluding carboxylic acids is 1. The number of amides is 1. The van der Waals surface area contributed by atoms with Crippen molar-refractivity contribution in [3.05, 3.63) is 53.5 Å². The number of rotatable bonds is 3. The van der Waals surface area contributed by atoms with Gasteiger partial charge in [-0.15, -0.1) is 0 Å². The van der Waals surface area contributed by atoms with Crippen molar-refractivity contribution in [2.45, 2.75) is 20.4 Å². The SMILES string of the molecule is CC(=O)N1CC2(CN(Cc3ccnc(-c4ccc(C)c(F)c4)c3)C2)C1. The highest BCUT2D eigenvalue weighted by Crippen LogP contribution is 2.40. The minimum atomic E-state index is -0.200. The van der Waals surface area contributed by atoms with Crippen LogP contribution in [0.1, 0.15) is 18.1 Å². The first kappa shape index (κ1) is 16.2. The Morgan fingerprint density at radius 3 is 2.64 bits per heavy atom. The highest BCUT2D eigenvalue weighted by molar-refractivity contribution is 5.74. The summed E-state index contributed by atoms with van der Waals surface area (Å²) in [7, 11) is 0. The third kappa shape index (κ3) is 3.04. The first-order valence-corrected chi connectivity index (χ1v) is 8.63. The van der Waals surface area contributed by atoms with Gasteiger partial charge in [-0.1, -0.05) is 12.1 Å². The molecule has 1 spiro atoms. The summed E-state index contributed by atoms with van der Waals surface area (Å²) in [5.41, 5.74) is 3.76. The number of halogens is 1. The fraction of sp³-hybridized carbons (Fsp3) is 0.400. The van der Waals surface area contributed by atoms with E-state index in [1.54, 1.807) is 32.2 Å².